The molecule has 0 aromatic carbocycles. The number of nitrogens with one attached hydrogen (secondary N) is 1. The minimum Gasteiger partial charge on any atom is -0.465 e. The smallest absolute Gasteiger partial charge is 0.342 e. The summed E-state index contributed by atoms with van der Waals surface area (Å²) in [4.78, 5) is 61.8. The van der Waals surface area contributed by atoms with Crippen molar-refractivity contribution < 1.29 is 28.7 Å². The lowest BCUT2D eigenvalue weighted by atomic mass is 10.1. The topological polar surface area (TPSA) is 131 Å². The number of piperazine rings is 1. The number of hydrogen-bond acceptors (Lipinski definition) is 8. The third kappa shape index (κ3) is 6.62. The van der Waals surface area contributed by atoms with Gasteiger partial charge in [-0.2, -0.15) is 0 Å². The normalized spacial score (nSPS) is 15.7. The summed E-state index contributed by atoms with van der Waals surface area (Å²) < 4.78 is 9.99. The van der Waals surface area contributed by atoms with Gasteiger partial charge in [0.2, 0.25) is 0 Å². The molecular weight excluding hydrogens is 430 g/mol. The van der Waals surface area contributed by atoms with Gasteiger partial charge in [0, 0.05) is 25.7 Å². The van der Waals surface area contributed by atoms with Crippen LogP contribution in [0.2, 0.25) is 0 Å². The standard InChI is InChI=1S/C22H33N5O6/c1-6-9-16-18(21(30)33-8-3)19(25-15(5)24-16)20(29)26-10-11-27(14(4)13-26)22(31)23-12-17(28)32-7-2/h14H,6-13H2,1-5H3,(H,23,31). The Balaban J connectivity index is 2.18. The largest absolute Gasteiger partial charge is 0.465 e. The Kier molecular flexibility index (Phi) is 9.56. The summed E-state index contributed by atoms with van der Waals surface area (Å²) in [5.74, 6) is -1.13. The molecule has 1 N–H and O–H groups in total. The summed E-state index contributed by atoms with van der Waals surface area (Å²) >= 11 is 0. The van der Waals surface area contributed by atoms with E-state index in [-0.39, 0.29) is 56.7 Å². The molecule has 33 heavy (non-hydrogen) atoms. The lowest BCUT2D eigenvalue weighted by Gasteiger charge is -2.39. The summed E-state index contributed by atoms with van der Waals surface area (Å²) in [6.07, 6.45) is 1.26. The summed E-state index contributed by atoms with van der Waals surface area (Å²) in [6.45, 7) is 9.79. The summed E-state index contributed by atoms with van der Waals surface area (Å²) in [5.41, 5.74) is 0.630. The summed E-state index contributed by atoms with van der Waals surface area (Å²) in [7, 11) is 0. The molecular formula is C22H33N5O6. The first kappa shape index (κ1) is 26.0. The number of carbonyl (C=O) groups excluding carboxylic acids is 4. The molecule has 0 saturated carbocycles. The van der Waals surface area contributed by atoms with Gasteiger partial charge in [0.1, 0.15) is 23.6 Å². The molecule has 11 heteroatoms. The fourth-order valence-electron chi connectivity index (χ4n) is 3.68. The molecule has 1 atom stereocenters. The van der Waals surface area contributed by atoms with Gasteiger partial charge in [0.05, 0.1) is 18.9 Å². The molecule has 1 aliphatic heterocycles. The zero-order chi connectivity index (χ0) is 24.5. The van der Waals surface area contributed by atoms with Crippen LogP contribution in [0.15, 0.2) is 0 Å². The molecule has 0 radical (unpaired) electrons. The van der Waals surface area contributed by atoms with Crippen LogP contribution >= 0.6 is 0 Å². The number of ether oxygens (including phenoxy) is 2. The minimum absolute atomic E-state index is 0.0248. The molecule has 1 fully saturated rings. The van der Waals surface area contributed by atoms with Gasteiger partial charge in [-0.25, -0.2) is 19.6 Å². The van der Waals surface area contributed by atoms with Crippen molar-refractivity contribution in [3.05, 3.63) is 22.8 Å². The van der Waals surface area contributed by atoms with E-state index < -0.39 is 23.9 Å². The Morgan fingerprint density at radius 2 is 1.76 bits per heavy atom. The Morgan fingerprint density at radius 1 is 1.06 bits per heavy atom. The number of urea groups is 1. The van der Waals surface area contributed by atoms with Crippen molar-refractivity contribution in [3.63, 3.8) is 0 Å². The van der Waals surface area contributed by atoms with Gasteiger partial charge in [0.15, 0.2) is 0 Å². The van der Waals surface area contributed by atoms with Crippen LogP contribution in [0.5, 0.6) is 0 Å². The predicted octanol–water partition coefficient (Wildman–Crippen LogP) is 1.33. The van der Waals surface area contributed by atoms with Crippen molar-refractivity contribution >= 4 is 23.9 Å². The molecule has 1 saturated heterocycles. The maximum Gasteiger partial charge on any atom is 0.342 e. The van der Waals surface area contributed by atoms with Crippen LogP contribution in [0.1, 0.15) is 66.5 Å². The van der Waals surface area contributed by atoms with Gasteiger partial charge < -0.3 is 24.6 Å². The molecule has 182 valence electrons. The highest BCUT2D eigenvalue weighted by Gasteiger charge is 2.34. The first-order valence-corrected chi connectivity index (χ1v) is 11.3. The Bertz CT molecular complexity index is 890. The number of carbonyl (C=O) groups is 4. The highest BCUT2D eigenvalue weighted by atomic mass is 16.5. The van der Waals surface area contributed by atoms with Gasteiger partial charge in [-0.05, 0) is 34.1 Å². The van der Waals surface area contributed by atoms with Crippen LogP contribution in [0, 0.1) is 6.92 Å². The van der Waals surface area contributed by atoms with Crippen molar-refractivity contribution in [2.75, 3.05) is 39.4 Å². The monoisotopic (exact) mass is 463 g/mol. The van der Waals surface area contributed by atoms with Crippen molar-refractivity contribution in [3.8, 4) is 0 Å². The van der Waals surface area contributed by atoms with E-state index in [4.69, 9.17) is 9.47 Å². The number of nitrogens with zero attached hydrogens (tertiary/aromatic N) is 4. The minimum atomic E-state index is -0.616. The lowest BCUT2D eigenvalue weighted by Crippen LogP contribution is -2.58. The number of aromatic nitrogens is 2. The number of aryl methyl sites for hydroxylation is 2. The number of rotatable bonds is 8. The number of esters is 2. The van der Waals surface area contributed by atoms with Crippen LogP contribution in [0.4, 0.5) is 4.79 Å². The molecule has 1 aliphatic rings. The SMILES string of the molecule is CCCc1nc(C)nc(C(=O)N2CCN(C(=O)NCC(=O)OCC)C(C)C2)c1C(=O)OCC. The van der Waals surface area contributed by atoms with Crippen molar-refractivity contribution in [2.45, 2.75) is 53.5 Å². The molecule has 1 aromatic rings. The van der Waals surface area contributed by atoms with Gasteiger partial charge >= 0.3 is 18.0 Å². The maximum atomic E-state index is 13.4. The zero-order valence-electron chi connectivity index (χ0n) is 20.0. The average Bonchev–Trinajstić information content (AvgIpc) is 2.77. The van der Waals surface area contributed by atoms with Gasteiger partial charge in [-0.1, -0.05) is 13.3 Å². The quantitative estimate of drug-likeness (QED) is 0.572. The molecule has 2 heterocycles. The molecule has 0 bridgehead atoms. The van der Waals surface area contributed by atoms with Gasteiger partial charge in [0.25, 0.3) is 5.91 Å². The predicted molar refractivity (Wildman–Crippen MR) is 119 cm³/mol. The van der Waals surface area contributed by atoms with Crippen LogP contribution < -0.4 is 5.32 Å². The van der Waals surface area contributed by atoms with E-state index in [1.54, 1.807) is 30.6 Å². The first-order chi connectivity index (χ1) is 15.7. The van der Waals surface area contributed by atoms with E-state index in [1.165, 1.54) is 0 Å². The Hall–Kier alpha value is -3.24. The zero-order valence-corrected chi connectivity index (χ0v) is 20.0. The number of amides is 3. The maximum absolute atomic E-state index is 13.4. The first-order valence-electron chi connectivity index (χ1n) is 11.3. The average molecular weight is 464 g/mol. The van der Waals surface area contributed by atoms with E-state index >= 15 is 0 Å². The molecule has 1 unspecified atom stereocenters. The van der Waals surface area contributed by atoms with Crippen LogP contribution in [0.25, 0.3) is 0 Å². The van der Waals surface area contributed by atoms with E-state index in [9.17, 15) is 19.2 Å². The second-order valence-electron chi connectivity index (χ2n) is 7.67. The van der Waals surface area contributed by atoms with Crippen molar-refractivity contribution in [1.29, 1.82) is 0 Å². The molecule has 0 aliphatic carbocycles. The molecule has 3 amide bonds. The van der Waals surface area contributed by atoms with E-state index in [1.807, 2.05) is 13.8 Å². The van der Waals surface area contributed by atoms with Crippen molar-refractivity contribution in [2.24, 2.45) is 0 Å². The Labute approximate surface area is 193 Å². The fraction of sp³-hybridized carbons (Fsp3) is 0.636. The highest BCUT2D eigenvalue weighted by molar-refractivity contribution is 6.04. The van der Waals surface area contributed by atoms with Crippen LogP contribution in [-0.4, -0.2) is 89.1 Å². The second kappa shape index (κ2) is 12.1. The number of hydrogen-bond donors (Lipinski definition) is 1. The summed E-state index contributed by atoms with van der Waals surface area (Å²) in [5, 5.41) is 2.54. The van der Waals surface area contributed by atoms with Crippen molar-refractivity contribution in [1.82, 2.24) is 25.1 Å². The van der Waals surface area contributed by atoms with E-state index in [2.05, 4.69) is 15.3 Å². The molecule has 11 nitrogen and oxygen atoms in total. The molecule has 2 rings (SSSR count). The van der Waals surface area contributed by atoms with Crippen LogP contribution in [0.3, 0.4) is 0 Å². The van der Waals surface area contributed by atoms with E-state index in [0.29, 0.717) is 17.9 Å². The van der Waals surface area contributed by atoms with Crippen LogP contribution in [-0.2, 0) is 20.7 Å². The van der Waals surface area contributed by atoms with Gasteiger partial charge in [-0.3, -0.25) is 9.59 Å². The summed E-state index contributed by atoms with van der Waals surface area (Å²) in [6, 6.07) is -0.716. The molecule has 1 aromatic heterocycles. The third-order valence-corrected chi connectivity index (χ3v) is 5.13. The highest BCUT2D eigenvalue weighted by Crippen LogP contribution is 2.20. The third-order valence-electron chi connectivity index (χ3n) is 5.13. The fourth-order valence-corrected chi connectivity index (χ4v) is 3.68. The molecule has 0 spiro atoms. The van der Waals surface area contributed by atoms with E-state index in [0.717, 1.165) is 6.42 Å². The second-order valence-corrected chi connectivity index (χ2v) is 7.67. The lowest BCUT2D eigenvalue weighted by molar-refractivity contribution is -0.141. The van der Waals surface area contributed by atoms with Gasteiger partial charge in [-0.15, -0.1) is 0 Å². The Morgan fingerprint density at radius 3 is 2.36 bits per heavy atom.